The van der Waals surface area contributed by atoms with Gasteiger partial charge in [0.25, 0.3) is 5.56 Å². The lowest BCUT2D eigenvalue weighted by Crippen LogP contribution is -2.34. The van der Waals surface area contributed by atoms with Crippen LogP contribution in [0.1, 0.15) is 0 Å². The van der Waals surface area contributed by atoms with Crippen molar-refractivity contribution in [2.24, 2.45) is 0 Å². The third-order valence-electron chi connectivity index (χ3n) is 3.76. The number of carbonyl (C=O) groups is 1. The fourth-order valence-electron chi connectivity index (χ4n) is 2.59. The molecule has 146 valence electrons. The van der Waals surface area contributed by atoms with Crippen molar-refractivity contribution in [1.29, 1.82) is 0 Å². The Hall–Kier alpha value is -3.56. The number of nitrogens with one attached hydrogen (secondary N) is 2. The molecule has 10 heteroatoms. The minimum atomic E-state index is -4.53. The first-order valence-electron chi connectivity index (χ1n) is 8.05. The van der Waals surface area contributed by atoms with E-state index in [2.05, 4.69) is 10.3 Å². The number of aromatic amines is 1. The molecular weight excluding hydrogens is 379 g/mol. The van der Waals surface area contributed by atoms with Crippen molar-refractivity contribution in [3.63, 3.8) is 0 Å². The number of alkyl halides is 3. The lowest BCUT2D eigenvalue weighted by molar-refractivity contribution is -0.153. The lowest BCUT2D eigenvalue weighted by Gasteiger charge is -2.14. The molecule has 3 rings (SSSR count). The zero-order chi connectivity index (χ0) is 20.3. The molecule has 0 saturated heterocycles. The van der Waals surface area contributed by atoms with Crippen LogP contribution in [-0.2, 0) is 11.3 Å². The molecule has 0 aliphatic rings. The number of nitrogens with zero attached hydrogens (tertiary/aromatic N) is 1. The average Bonchev–Trinajstić information content (AvgIpc) is 2.64. The van der Waals surface area contributed by atoms with E-state index in [4.69, 9.17) is 4.74 Å². The van der Waals surface area contributed by atoms with Gasteiger partial charge >= 0.3 is 11.9 Å². The molecule has 1 aromatic heterocycles. The summed E-state index contributed by atoms with van der Waals surface area (Å²) in [6.07, 6.45) is -4.53. The minimum Gasteiger partial charge on any atom is -0.482 e. The number of ether oxygens (including phenoxy) is 1. The van der Waals surface area contributed by atoms with Gasteiger partial charge in [-0.3, -0.25) is 19.1 Å². The minimum absolute atomic E-state index is 0.0264. The number of halogens is 3. The quantitative estimate of drug-likeness (QED) is 0.696. The number of anilines is 1. The van der Waals surface area contributed by atoms with Gasteiger partial charge in [-0.25, -0.2) is 4.79 Å². The van der Waals surface area contributed by atoms with Gasteiger partial charge < -0.3 is 10.1 Å². The van der Waals surface area contributed by atoms with E-state index < -0.39 is 36.5 Å². The molecule has 0 fully saturated rings. The molecule has 0 unspecified atom stereocenters. The van der Waals surface area contributed by atoms with Crippen LogP contribution in [0.3, 0.4) is 0 Å². The number of rotatable bonds is 5. The summed E-state index contributed by atoms with van der Waals surface area (Å²) in [5.74, 6) is -0.839. The molecule has 0 saturated carbocycles. The number of benzene rings is 2. The molecule has 7 nitrogen and oxygen atoms in total. The number of hydrogen-bond donors (Lipinski definition) is 2. The van der Waals surface area contributed by atoms with Crippen molar-refractivity contribution >= 4 is 22.5 Å². The molecule has 3 aromatic rings. The van der Waals surface area contributed by atoms with Crippen LogP contribution in [0.5, 0.6) is 5.75 Å². The molecule has 28 heavy (non-hydrogen) atoms. The van der Waals surface area contributed by atoms with Gasteiger partial charge in [-0.2, -0.15) is 13.2 Å². The predicted molar refractivity (Wildman–Crippen MR) is 95.5 cm³/mol. The summed E-state index contributed by atoms with van der Waals surface area (Å²) < 4.78 is 42.9. The Morgan fingerprint density at radius 3 is 2.50 bits per heavy atom. The van der Waals surface area contributed by atoms with Crippen LogP contribution in [0.15, 0.2) is 58.1 Å². The highest BCUT2D eigenvalue weighted by Gasteiger charge is 2.29. The van der Waals surface area contributed by atoms with E-state index in [1.165, 1.54) is 36.4 Å². The van der Waals surface area contributed by atoms with Crippen molar-refractivity contribution in [1.82, 2.24) is 9.55 Å². The maximum Gasteiger partial charge on any atom is 0.422 e. The van der Waals surface area contributed by atoms with E-state index >= 15 is 0 Å². The smallest absolute Gasteiger partial charge is 0.422 e. The zero-order valence-electron chi connectivity index (χ0n) is 14.2. The molecule has 2 aromatic carbocycles. The van der Waals surface area contributed by atoms with Gasteiger partial charge in [0.05, 0.1) is 16.6 Å². The molecule has 0 aliphatic carbocycles. The Kier molecular flexibility index (Phi) is 5.21. The molecule has 0 spiro atoms. The largest absolute Gasteiger partial charge is 0.482 e. The Bertz CT molecular complexity index is 1140. The summed E-state index contributed by atoms with van der Waals surface area (Å²) in [4.78, 5) is 38.4. The maximum atomic E-state index is 12.4. The fraction of sp³-hybridized carbons (Fsp3) is 0.167. The Labute approximate surface area is 155 Å². The van der Waals surface area contributed by atoms with E-state index in [9.17, 15) is 27.6 Å². The summed E-state index contributed by atoms with van der Waals surface area (Å²) in [6.45, 7) is -1.96. The van der Waals surface area contributed by atoms with Gasteiger partial charge in [0, 0.05) is 0 Å². The van der Waals surface area contributed by atoms with Crippen LogP contribution in [0.4, 0.5) is 18.9 Å². The van der Waals surface area contributed by atoms with Crippen LogP contribution in [0, 0.1) is 0 Å². The van der Waals surface area contributed by atoms with E-state index in [1.54, 1.807) is 12.1 Å². The zero-order valence-corrected chi connectivity index (χ0v) is 14.2. The molecule has 0 radical (unpaired) electrons. The van der Waals surface area contributed by atoms with Crippen molar-refractivity contribution < 1.29 is 22.7 Å². The van der Waals surface area contributed by atoms with Gasteiger partial charge in [0.2, 0.25) is 5.91 Å². The van der Waals surface area contributed by atoms with Gasteiger partial charge in [-0.1, -0.05) is 24.3 Å². The number of aromatic nitrogens is 2. The van der Waals surface area contributed by atoms with E-state index in [-0.39, 0.29) is 22.3 Å². The summed E-state index contributed by atoms with van der Waals surface area (Å²) in [5, 5.41) is 2.64. The molecule has 0 atom stereocenters. The summed E-state index contributed by atoms with van der Waals surface area (Å²) in [5.41, 5.74) is -1.07. The highest BCUT2D eigenvalue weighted by atomic mass is 19.4. The number of amides is 1. The maximum absolute atomic E-state index is 12.4. The molecule has 1 heterocycles. The number of hydrogen-bond acceptors (Lipinski definition) is 4. The SMILES string of the molecule is O=C(Cn1c(=O)[nH]c(=O)c2ccccc21)Nc1ccccc1OCC(F)(F)F. The fourth-order valence-corrected chi connectivity index (χ4v) is 2.59. The number of H-pyrrole nitrogens is 1. The monoisotopic (exact) mass is 393 g/mol. The highest BCUT2D eigenvalue weighted by Crippen LogP contribution is 2.26. The van der Waals surface area contributed by atoms with Gasteiger partial charge in [-0.05, 0) is 24.3 Å². The van der Waals surface area contributed by atoms with Gasteiger partial charge in [0.15, 0.2) is 6.61 Å². The number of para-hydroxylation sites is 3. The van der Waals surface area contributed by atoms with Crippen molar-refractivity contribution in [2.75, 3.05) is 11.9 Å². The van der Waals surface area contributed by atoms with Crippen LogP contribution in [0.2, 0.25) is 0 Å². The van der Waals surface area contributed by atoms with Crippen molar-refractivity contribution in [2.45, 2.75) is 12.7 Å². The van der Waals surface area contributed by atoms with Crippen LogP contribution in [0.25, 0.3) is 10.9 Å². The first kappa shape index (κ1) is 19.2. The van der Waals surface area contributed by atoms with Crippen LogP contribution < -0.4 is 21.3 Å². The molecule has 0 bridgehead atoms. The third kappa shape index (κ3) is 4.40. The van der Waals surface area contributed by atoms with E-state index in [1.807, 2.05) is 0 Å². The second-order valence-electron chi connectivity index (χ2n) is 5.81. The Morgan fingerprint density at radius 2 is 1.75 bits per heavy atom. The van der Waals surface area contributed by atoms with Crippen LogP contribution in [-0.4, -0.2) is 28.2 Å². The number of carbonyl (C=O) groups excluding carboxylic acids is 1. The van der Waals surface area contributed by atoms with Crippen molar-refractivity contribution in [3.8, 4) is 5.75 Å². The first-order chi connectivity index (χ1) is 13.2. The van der Waals surface area contributed by atoms with E-state index in [0.717, 1.165) is 4.57 Å². The molecular formula is C18H14F3N3O4. The topological polar surface area (TPSA) is 93.2 Å². The lowest BCUT2D eigenvalue weighted by atomic mass is 10.2. The highest BCUT2D eigenvalue weighted by molar-refractivity contribution is 5.93. The van der Waals surface area contributed by atoms with Crippen LogP contribution >= 0.6 is 0 Å². The summed E-state index contributed by atoms with van der Waals surface area (Å²) in [6, 6.07) is 11.9. The van der Waals surface area contributed by atoms with Crippen molar-refractivity contribution in [3.05, 3.63) is 69.4 Å². The first-order valence-corrected chi connectivity index (χ1v) is 8.05. The second-order valence-corrected chi connectivity index (χ2v) is 5.81. The van der Waals surface area contributed by atoms with Gasteiger partial charge in [-0.15, -0.1) is 0 Å². The summed E-state index contributed by atoms with van der Waals surface area (Å²) >= 11 is 0. The molecule has 1 amide bonds. The third-order valence-corrected chi connectivity index (χ3v) is 3.76. The predicted octanol–water partition coefficient (Wildman–Crippen LogP) is 2.27. The summed E-state index contributed by atoms with van der Waals surface area (Å²) in [7, 11) is 0. The Balaban J connectivity index is 1.84. The molecule has 2 N–H and O–H groups in total. The number of fused-ring (bicyclic) bond motifs is 1. The van der Waals surface area contributed by atoms with Gasteiger partial charge in [0.1, 0.15) is 12.3 Å². The Morgan fingerprint density at radius 1 is 1.07 bits per heavy atom. The average molecular weight is 393 g/mol. The second kappa shape index (κ2) is 7.59. The normalized spacial score (nSPS) is 11.4. The standard InChI is InChI=1S/C18H14F3N3O4/c19-18(20,21)10-28-14-8-4-2-6-12(14)22-15(25)9-24-13-7-3-1-5-11(13)16(26)23-17(24)27/h1-8H,9-10H2,(H,22,25)(H,23,26,27). The molecule has 0 aliphatic heterocycles. The van der Waals surface area contributed by atoms with E-state index in [0.29, 0.717) is 0 Å².